The van der Waals surface area contributed by atoms with Crippen molar-refractivity contribution in [3.63, 3.8) is 0 Å². The van der Waals surface area contributed by atoms with E-state index in [4.69, 9.17) is 10.9 Å². The standard InChI is InChI=1S/C12H15N3O2S2/c13-10-1-2-11(12(7-10)19(14,16)17)15-5-3-9-4-6-18-8-9/h1-2,4,6-8,15H,3,5,13H2,(H2,14,16,17). The highest BCUT2D eigenvalue weighted by Crippen LogP contribution is 2.22. The molecule has 0 saturated carbocycles. The third kappa shape index (κ3) is 3.69. The smallest absolute Gasteiger partial charge is 0.240 e. The molecule has 0 aliphatic carbocycles. The number of nitrogen functional groups attached to an aromatic ring is 1. The monoisotopic (exact) mass is 297 g/mol. The Morgan fingerprint density at radius 1 is 1.26 bits per heavy atom. The molecule has 2 aromatic rings. The minimum absolute atomic E-state index is 0.0258. The SMILES string of the molecule is Nc1ccc(NCCc2ccsc2)c(S(N)(=O)=O)c1. The van der Waals surface area contributed by atoms with Crippen molar-refractivity contribution in [3.8, 4) is 0 Å². The van der Waals surface area contributed by atoms with Gasteiger partial charge in [0.1, 0.15) is 4.90 Å². The highest BCUT2D eigenvalue weighted by molar-refractivity contribution is 7.89. The molecule has 0 bridgehead atoms. The summed E-state index contributed by atoms with van der Waals surface area (Å²) in [7, 11) is -3.78. The van der Waals surface area contributed by atoms with Gasteiger partial charge in [-0.25, -0.2) is 13.6 Å². The lowest BCUT2D eigenvalue weighted by Crippen LogP contribution is -2.16. The molecule has 0 aliphatic heterocycles. The third-order valence-corrected chi connectivity index (χ3v) is 4.30. The summed E-state index contributed by atoms with van der Waals surface area (Å²) in [6.07, 6.45) is 0.817. The van der Waals surface area contributed by atoms with Crippen molar-refractivity contribution in [2.45, 2.75) is 11.3 Å². The summed E-state index contributed by atoms with van der Waals surface area (Å²) in [6, 6.07) is 6.67. The first kappa shape index (κ1) is 13.9. The van der Waals surface area contributed by atoms with Crippen LogP contribution in [0.3, 0.4) is 0 Å². The van der Waals surface area contributed by atoms with Crippen LogP contribution in [0.4, 0.5) is 11.4 Å². The lowest BCUT2D eigenvalue weighted by atomic mass is 10.2. The number of sulfonamides is 1. The highest BCUT2D eigenvalue weighted by Gasteiger charge is 2.14. The molecule has 7 heteroatoms. The number of benzene rings is 1. The molecule has 0 amide bonds. The van der Waals surface area contributed by atoms with Crippen LogP contribution in [-0.4, -0.2) is 15.0 Å². The Bertz CT molecular complexity index is 652. The summed E-state index contributed by atoms with van der Waals surface area (Å²) in [6.45, 7) is 0.628. The summed E-state index contributed by atoms with van der Waals surface area (Å²) >= 11 is 1.64. The Labute approximate surface area is 116 Å². The molecule has 0 atom stereocenters. The maximum absolute atomic E-state index is 11.5. The molecule has 0 unspecified atom stereocenters. The molecule has 2 rings (SSSR count). The Morgan fingerprint density at radius 2 is 2.05 bits per heavy atom. The summed E-state index contributed by atoms with van der Waals surface area (Å²) in [5, 5.41) is 12.3. The Hall–Kier alpha value is -1.57. The van der Waals surface area contributed by atoms with Crippen LogP contribution in [0.25, 0.3) is 0 Å². The zero-order chi connectivity index (χ0) is 13.9. The number of hydrogen-bond donors (Lipinski definition) is 3. The minimum Gasteiger partial charge on any atom is -0.399 e. The van der Waals surface area contributed by atoms with Crippen molar-refractivity contribution >= 4 is 32.7 Å². The zero-order valence-electron chi connectivity index (χ0n) is 10.2. The molecule has 1 aromatic carbocycles. The van der Waals surface area contributed by atoms with E-state index in [-0.39, 0.29) is 4.90 Å². The summed E-state index contributed by atoms with van der Waals surface area (Å²) < 4.78 is 23.0. The summed E-state index contributed by atoms with van der Waals surface area (Å²) in [5.74, 6) is 0. The van der Waals surface area contributed by atoms with E-state index in [9.17, 15) is 8.42 Å². The van der Waals surface area contributed by atoms with E-state index in [2.05, 4.69) is 10.7 Å². The normalized spacial score (nSPS) is 11.4. The van der Waals surface area contributed by atoms with Crippen LogP contribution < -0.4 is 16.2 Å². The first-order chi connectivity index (χ1) is 8.97. The second kappa shape index (κ2) is 5.60. The molecule has 19 heavy (non-hydrogen) atoms. The molecule has 0 spiro atoms. The van der Waals surface area contributed by atoms with Crippen LogP contribution in [0.2, 0.25) is 0 Å². The molecular formula is C12H15N3O2S2. The second-order valence-electron chi connectivity index (χ2n) is 4.11. The first-order valence-electron chi connectivity index (χ1n) is 5.64. The molecule has 0 radical (unpaired) electrons. The van der Waals surface area contributed by atoms with Crippen LogP contribution in [-0.2, 0) is 16.4 Å². The predicted molar refractivity (Wildman–Crippen MR) is 78.7 cm³/mol. The van der Waals surface area contributed by atoms with Gasteiger partial charge in [-0.05, 0) is 47.0 Å². The van der Waals surface area contributed by atoms with E-state index in [1.54, 1.807) is 23.5 Å². The molecule has 5 N–H and O–H groups in total. The Morgan fingerprint density at radius 3 is 2.68 bits per heavy atom. The lowest BCUT2D eigenvalue weighted by Gasteiger charge is -2.11. The fraction of sp³-hybridized carbons (Fsp3) is 0.167. The van der Waals surface area contributed by atoms with Gasteiger partial charge in [-0.15, -0.1) is 0 Å². The maximum atomic E-state index is 11.5. The lowest BCUT2D eigenvalue weighted by molar-refractivity contribution is 0.598. The number of hydrogen-bond acceptors (Lipinski definition) is 5. The van der Waals surface area contributed by atoms with Gasteiger partial charge in [0.15, 0.2) is 0 Å². The maximum Gasteiger partial charge on any atom is 0.240 e. The van der Waals surface area contributed by atoms with Gasteiger partial charge >= 0.3 is 0 Å². The van der Waals surface area contributed by atoms with Crippen LogP contribution in [0.1, 0.15) is 5.56 Å². The van der Waals surface area contributed by atoms with Crippen molar-refractivity contribution in [2.75, 3.05) is 17.6 Å². The second-order valence-corrected chi connectivity index (χ2v) is 6.42. The molecule has 5 nitrogen and oxygen atoms in total. The van der Waals surface area contributed by atoms with Crippen LogP contribution >= 0.6 is 11.3 Å². The van der Waals surface area contributed by atoms with Crippen molar-refractivity contribution in [2.24, 2.45) is 5.14 Å². The van der Waals surface area contributed by atoms with Crippen molar-refractivity contribution in [1.82, 2.24) is 0 Å². The van der Waals surface area contributed by atoms with Crippen molar-refractivity contribution in [1.29, 1.82) is 0 Å². The van der Waals surface area contributed by atoms with Gasteiger partial charge in [-0.3, -0.25) is 0 Å². The van der Waals surface area contributed by atoms with Gasteiger partial charge in [-0.2, -0.15) is 11.3 Å². The van der Waals surface area contributed by atoms with E-state index in [0.29, 0.717) is 17.9 Å². The highest BCUT2D eigenvalue weighted by atomic mass is 32.2. The van der Waals surface area contributed by atoms with E-state index >= 15 is 0 Å². The summed E-state index contributed by atoms with van der Waals surface area (Å²) in [5.41, 5.74) is 7.64. The number of rotatable bonds is 5. The number of thiophene rings is 1. The van der Waals surface area contributed by atoms with Gasteiger partial charge in [0.25, 0.3) is 0 Å². The largest absolute Gasteiger partial charge is 0.399 e. The van der Waals surface area contributed by atoms with Gasteiger partial charge in [0.2, 0.25) is 10.0 Å². The van der Waals surface area contributed by atoms with Crippen molar-refractivity contribution < 1.29 is 8.42 Å². The summed E-state index contributed by atoms with van der Waals surface area (Å²) in [4.78, 5) is 0.0258. The Kier molecular flexibility index (Phi) is 4.08. The third-order valence-electron chi connectivity index (χ3n) is 2.62. The number of anilines is 2. The predicted octanol–water partition coefficient (Wildman–Crippen LogP) is 1.63. The van der Waals surface area contributed by atoms with E-state index in [1.165, 1.54) is 11.6 Å². The average molecular weight is 297 g/mol. The molecule has 1 heterocycles. The van der Waals surface area contributed by atoms with Crippen LogP contribution in [0.5, 0.6) is 0 Å². The van der Waals surface area contributed by atoms with Gasteiger partial charge < -0.3 is 11.1 Å². The average Bonchev–Trinajstić information content (AvgIpc) is 2.83. The fourth-order valence-electron chi connectivity index (χ4n) is 1.70. The van der Waals surface area contributed by atoms with Gasteiger partial charge in [0.05, 0.1) is 5.69 Å². The quantitative estimate of drug-likeness (QED) is 0.731. The fourth-order valence-corrected chi connectivity index (χ4v) is 3.15. The number of nitrogens with one attached hydrogen (secondary N) is 1. The molecule has 1 aromatic heterocycles. The van der Waals surface area contributed by atoms with Gasteiger partial charge in [0, 0.05) is 12.2 Å². The van der Waals surface area contributed by atoms with Crippen molar-refractivity contribution in [3.05, 3.63) is 40.6 Å². The zero-order valence-corrected chi connectivity index (χ0v) is 11.8. The molecule has 102 valence electrons. The van der Waals surface area contributed by atoms with E-state index in [0.717, 1.165) is 6.42 Å². The number of primary sulfonamides is 1. The first-order valence-corrected chi connectivity index (χ1v) is 8.13. The van der Waals surface area contributed by atoms with Crippen LogP contribution in [0.15, 0.2) is 39.9 Å². The molecule has 0 aliphatic rings. The van der Waals surface area contributed by atoms with Crippen LogP contribution in [0, 0.1) is 0 Å². The topological polar surface area (TPSA) is 98.2 Å². The van der Waals surface area contributed by atoms with E-state index in [1.807, 2.05) is 11.4 Å². The molecular weight excluding hydrogens is 282 g/mol. The number of nitrogens with two attached hydrogens (primary N) is 2. The van der Waals surface area contributed by atoms with Gasteiger partial charge in [-0.1, -0.05) is 0 Å². The van der Waals surface area contributed by atoms with E-state index < -0.39 is 10.0 Å². The molecule has 0 saturated heterocycles. The molecule has 0 fully saturated rings. The Balaban J connectivity index is 2.12. The minimum atomic E-state index is -3.78.